The summed E-state index contributed by atoms with van der Waals surface area (Å²) >= 11 is 0. The van der Waals surface area contributed by atoms with E-state index in [1.165, 1.54) is 66.4 Å². The molecule has 35 heavy (non-hydrogen) atoms. The maximum atomic E-state index is 12.9. The van der Waals surface area contributed by atoms with Gasteiger partial charge >= 0.3 is 5.69 Å². The van der Waals surface area contributed by atoms with Crippen LogP contribution in [-0.4, -0.2) is 51.6 Å². The van der Waals surface area contributed by atoms with Gasteiger partial charge in [0, 0.05) is 38.7 Å². The van der Waals surface area contributed by atoms with Gasteiger partial charge in [-0.1, -0.05) is 12.1 Å². The molecule has 1 aromatic carbocycles. The summed E-state index contributed by atoms with van der Waals surface area (Å²) in [5, 5.41) is 2.95. The molecule has 11 nitrogen and oxygen atoms in total. The molecule has 1 amide bonds. The Morgan fingerprint density at radius 1 is 1.03 bits per heavy atom. The summed E-state index contributed by atoms with van der Waals surface area (Å²) in [7, 11) is -0.859. The van der Waals surface area contributed by atoms with Gasteiger partial charge in [-0.05, 0) is 38.0 Å². The van der Waals surface area contributed by atoms with Crippen LogP contribution < -0.4 is 16.6 Å². The number of pyridine rings is 1. The van der Waals surface area contributed by atoms with Gasteiger partial charge in [-0.15, -0.1) is 0 Å². The molecule has 0 atom stereocenters. The molecule has 2 aromatic heterocycles. The minimum Gasteiger partial charge on any atom is -0.324 e. The highest BCUT2D eigenvalue weighted by atomic mass is 32.2. The van der Waals surface area contributed by atoms with Crippen LogP contribution in [0.2, 0.25) is 0 Å². The van der Waals surface area contributed by atoms with Crippen LogP contribution in [0.1, 0.15) is 30.1 Å². The topological polar surface area (TPSA) is 140 Å². The van der Waals surface area contributed by atoms with Crippen LogP contribution in [0, 0.1) is 5.92 Å². The third-order valence-electron chi connectivity index (χ3n) is 6.28. The van der Waals surface area contributed by atoms with E-state index in [-0.39, 0.29) is 40.7 Å². The molecule has 0 unspecified atom stereocenters. The van der Waals surface area contributed by atoms with Gasteiger partial charge in [0.15, 0.2) is 5.78 Å². The number of ketones is 1. The molecule has 1 fully saturated rings. The summed E-state index contributed by atoms with van der Waals surface area (Å²) in [5.74, 6) is -0.859. The lowest BCUT2D eigenvalue weighted by molar-refractivity contribution is -0.120. The van der Waals surface area contributed by atoms with Gasteiger partial charge in [0.2, 0.25) is 15.9 Å². The molecule has 184 valence electrons. The second-order valence-electron chi connectivity index (χ2n) is 8.55. The molecule has 1 N–H and O–H groups in total. The fourth-order valence-electron chi connectivity index (χ4n) is 4.15. The van der Waals surface area contributed by atoms with Crippen molar-refractivity contribution in [3.8, 4) is 0 Å². The van der Waals surface area contributed by atoms with Crippen molar-refractivity contribution < 1.29 is 18.0 Å². The van der Waals surface area contributed by atoms with E-state index in [4.69, 9.17) is 0 Å². The normalized spacial score (nSPS) is 15.3. The standard InChI is InChI=1S/C23H25N5O6S/c1-14(29)15-4-6-18(7-5-15)35(33,34)28-10-8-16(9-11-28)21(30)25-17-12-19-20(24-13-17)26(2)23(32)27(3)22(19)31/h4-7,12-13,16H,8-11H2,1-3H3,(H,25,30). The Balaban J connectivity index is 1.45. The monoisotopic (exact) mass is 499 g/mol. The van der Waals surface area contributed by atoms with Gasteiger partial charge in [0.1, 0.15) is 5.65 Å². The Morgan fingerprint density at radius 2 is 1.66 bits per heavy atom. The number of anilines is 1. The number of nitrogens with one attached hydrogen (secondary N) is 1. The van der Waals surface area contributed by atoms with Crippen LogP contribution >= 0.6 is 0 Å². The van der Waals surface area contributed by atoms with Crippen molar-refractivity contribution in [2.75, 3.05) is 18.4 Å². The first kappa shape index (κ1) is 24.5. The summed E-state index contributed by atoms with van der Waals surface area (Å²) < 4.78 is 29.5. The van der Waals surface area contributed by atoms with Gasteiger partial charge in [-0.3, -0.25) is 23.5 Å². The third-order valence-corrected chi connectivity index (χ3v) is 8.20. The number of hydrogen-bond donors (Lipinski definition) is 1. The highest BCUT2D eigenvalue weighted by Crippen LogP contribution is 2.25. The summed E-state index contributed by atoms with van der Waals surface area (Å²) in [6.45, 7) is 1.76. The third kappa shape index (κ3) is 4.54. The van der Waals surface area contributed by atoms with Crippen LogP contribution in [-0.2, 0) is 28.9 Å². The molecule has 0 spiro atoms. The van der Waals surface area contributed by atoms with E-state index in [1.54, 1.807) is 0 Å². The molecule has 0 bridgehead atoms. The number of nitrogens with zero attached hydrogens (tertiary/aromatic N) is 4. The quantitative estimate of drug-likeness (QED) is 0.514. The Labute approximate surface area is 201 Å². The SMILES string of the molecule is CC(=O)c1ccc(S(=O)(=O)N2CCC(C(=O)Nc3cnc4c(c3)c(=O)n(C)c(=O)n4C)CC2)cc1. The summed E-state index contributed by atoms with van der Waals surface area (Å²) in [4.78, 5) is 53.0. The van der Waals surface area contributed by atoms with Crippen molar-refractivity contribution in [3.05, 3.63) is 62.9 Å². The number of aryl methyl sites for hydroxylation is 1. The molecule has 4 rings (SSSR count). The summed E-state index contributed by atoms with van der Waals surface area (Å²) in [6.07, 6.45) is 2.03. The first-order valence-electron chi connectivity index (χ1n) is 11.0. The number of Topliss-reactive ketones (excluding diaryl/α,β-unsaturated/α-hetero) is 1. The van der Waals surface area contributed by atoms with Crippen molar-refractivity contribution >= 4 is 38.4 Å². The number of rotatable bonds is 5. The smallest absolute Gasteiger partial charge is 0.324 e. The molecular weight excluding hydrogens is 474 g/mol. The van der Waals surface area contributed by atoms with E-state index in [0.29, 0.717) is 24.1 Å². The fourth-order valence-corrected chi connectivity index (χ4v) is 5.62. The van der Waals surface area contributed by atoms with E-state index in [0.717, 1.165) is 4.57 Å². The molecule has 12 heteroatoms. The molecule has 1 aliphatic rings. The lowest BCUT2D eigenvalue weighted by Gasteiger charge is -2.30. The van der Waals surface area contributed by atoms with Gasteiger partial charge < -0.3 is 5.32 Å². The Kier molecular flexibility index (Phi) is 6.43. The Bertz CT molecular complexity index is 1550. The first-order valence-corrected chi connectivity index (χ1v) is 12.4. The van der Waals surface area contributed by atoms with E-state index < -0.39 is 27.2 Å². The van der Waals surface area contributed by atoms with Crippen molar-refractivity contribution in [2.24, 2.45) is 20.0 Å². The van der Waals surface area contributed by atoms with E-state index in [9.17, 15) is 27.6 Å². The molecule has 3 aromatic rings. The van der Waals surface area contributed by atoms with Crippen LogP contribution in [0.15, 0.2) is 51.0 Å². The average Bonchev–Trinajstić information content (AvgIpc) is 2.86. The van der Waals surface area contributed by atoms with Gasteiger partial charge in [0.25, 0.3) is 5.56 Å². The number of hydrogen-bond acceptors (Lipinski definition) is 7. The van der Waals surface area contributed by atoms with E-state index in [2.05, 4.69) is 10.3 Å². The van der Waals surface area contributed by atoms with Crippen LogP contribution in [0.4, 0.5) is 5.69 Å². The second kappa shape index (κ2) is 9.19. The molecule has 3 heterocycles. The minimum absolute atomic E-state index is 0.101. The summed E-state index contributed by atoms with van der Waals surface area (Å²) in [6, 6.07) is 7.28. The zero-order valence-electron chi connectivity index (χ0n) is 19.5. The highest BCUT2D eigenvalue weighted by molar-refractivity contribution is 7.89. The Morgan fingerprint density at radius 3 is 2.26 bits per heavy atom. The molecule has 0 radical (unpaired) electrons. The number of sulfonamides is 1. The predicted octanol–water partition coefficient (Wildman–Crippen LogP) is 0.874. The number of carbonyl (C=O) groups excluding carboxylic acids is 2. The van der Waals surface area contributed by atoms with Gasteiger partial charge in [-0.2, -0.15) is 4.31 Å². The van der Waals surface area contributed by atoms with Crippen LogP contribution in [0.5, 0.6) is 0 Å². The number of benzene rings is 1. The van der Waals surface area contributed by atoms with E-state index in [1.807, 2.05) is 0 Å². The second-order valence-corrected chi connectivity index (χ2v) is 10.5. The maximum absolute atomic E-state index is 12.9. The van der Waals surface area contributed by atoms with Crippen molar-refractivity contribution in [1.29, 1.82) is 0 Å². The lowest BCUT2D eigenvalue weighted by Crippen LogP contribution is -2.41. The van der Waals surface area contributed by atoms with E-state index >= 15 is 0 Å². The molecule has 0 saturated carbocycles. The zero-order valence-corrected chi connectivity index (χ0v) is 20.3. The lowest BCUT2D eigenvalue weighted by atomic mass is 9.97. The minimum atomic E-state index is -3.74. The number of fused-ring (bicyclic) bond motifs is 1. The molecule has 0 aliphatic carbocycles. The Hall–Kier alpha value is -3.64. The number of amides is 1. The maximum Gasteiger partial charge on any atom is 0.332 e. The highest BCUT2D eigenvalue weighted by Gasteiger charge is 2.32. The molecular formula is C23H25N5O6S. The van der Waals surface area contributed by atoms with Crippen molar-refractivity contribution in [2.45, 2.75) is 24.7 Å². The number of carbonyl (C=O) groups is 2. The molecule has 1 aliphatic heterocycles. The van der Waals surface area contributed by atoms with Gasteiger partial charge in [0.05, 0.1) is 22.2 Å². The number of aromatic nitrogens is 3. The van der Waals surface area contributed by atoms with Crippen LogP contribution in [0.3, 0.4) is 0 Å². The van der Waals surface area contributed by atoms with Crippen LogP contribution in [0.25, 0.3) is 11.0 Å². The first-order chi connectivity index (χ1) is 16.5. The fraction of sp³-hybridized carbons (Fsp3) is 0.348. The van der Waals surface area contributed by atoms with Crippen molar-refractivity contribution in [3.63, 3.8) is 0 Å². The van der Waals surface area contributed by atoms with Gasteiger partial charge in [-0.25, -0.2) is 18.2 Å². The van der Waals surface area contributed by atoms with Crippen molar-refractivity contribution in [1.82, 2.24) is 18.4 Å². The summed E-state index contributed by atoms with van der Waals surface area (Å²) in [5.41, 5.74) is -0.0442. The largest absolute Gasteiger partial charge is 0.332 e. The predicted molar refractivity (Wildman–Crippen MR) is 129 cm³/mol. The molecule has 1 saturated heterocycles. The zero-order chi connectivity index (χ0) is 25.5. The number of piperidine rings is 1. The average molecular weight is 500 g/mol.